The van der Waals surface area contributed by atoms with Gasteiger partial charge in [0.05, 0.1) is 0 Å². The van der Waals surface area contributed by atoms with Crippen LogP contribution in [0.15, 0.2) is 67.0 Å². The molecule has 2 aromatic carbocycles. The van der Waals surface area contributed by atoms with Gasteiger partial charge in [-0.3, -0.25) is 14.6 Å². The predicted octanol–water partition coefficient (Wildman–Crippen LogP) is 4.20. The van der Waals surface area contributed by atoms with Crippen LogP contribution in [0.1, 0.15) is 50.8 Å². The van der Waals surface area contributed by atoms with Crippen LogP contribution >= 0.6 is 0 Å². The number of aromatic nitrogens is 1. The summed E-state index contributed by atoms with van der Waals surface area (Å²) in [5.74, 6) is 0.430. The second kappa shape index (κ2) is 9.41. The third kappa shape index (κ3) is 4.99. The van der Waals surface area contributed by atoms with Gasteiger partial charge in [-0.05, 0) is 79.4 Å². The second-order valence-electron chi connectivity index (χ2n) is 9.90. The van der Waals surface area contributed by atoms with Crippen molar-refractivity contribution >= 4 is 23.2 Å². The predicted molar refractivity (Wildman–Crippen MR) is 137 cm³/mol. The van der Waals surface area contributed by atoms with Crippen LogP contribution in [0.4, 0.5) is 11.4 Å². The van der Waals surface area contributed by atoms with Crippen molar-refractivity contribution in [3.8, 4) is 5.75 Å². The Balaban J connectivity index is 1.51. The number of rotatable bonds is 6. The van der Waals surface area contributed by atoms with Gasteiger partial charge in [-0.25, -0.2) is 0 Å². The van der Waals surface area contributed by atoms with Gasteiger partial charge in [-0.2, -0.15) is 0 Å². The molecule has 1 aliphatic rings. The SMILES string of the molecule is CC(=O)N1c2ccc(N)cc2C(C)(c2ccc(OCC(=O)NCc3ccncc3)cc2)CC1(C)C. The molecule has 0 spiro atoms. The van der Waals surface area contributed by atoms with Gasteiger partial charge in [0.25, 0.3) is 5.91 Å². The maximum Gasteiger partial charge on any atom is 0.258 e. The third-order valence-corrected chi connectivity index (χ3v) is 6.66. The number of nitrogens with zero attached hydrogens (tertiary/aromatic N) is 2. The molecule has 3 N–H and O–H groups in total. The number of carbonyl (C=O) groups excluding carboxylic acids is 2. The molecule has 2 heterocycles. The van der Waals surface area contributed by atoms with Crippen LogP contribution in [0, 0.1) is 0 Å². The molecule has 4 rings (SSSR count). The highest BCUT2D eigenvalue weighted by atomic mass is 16.5. The highest BCUT2D eigenvalue weighted by Gasteiger charge is 2.47. The van der Waals surface area contributed by atoms with E-state index >= 15 is 0 Å². The molecule has 7 nitrogen and oxygen atoms in total. The number of fused-ring (bicyclic) bond motifs is 1. The zero-order valence-electron chi connectivity index (χ0n) is 20.7. The molecular formula is C28H32N4O3. The molecule has 0 fully saturated rings. The average Bonchev–Trinajstić information content (AvgIpc) is 2.82. The van der Waals surface area contributed by atoms with E-state index in [1.165, 1.54) is 0 Å². The van der Waals surface area contributed by atoms with Crippen LogP contribution in [0.25, 0.3) is 0 Å². The fourth-order valence-electron chi connectivity index (χ4n) is 5.23. The standard InChI is InChI=1S/C28H32N4O3/c1-19(33)32-25-10-7-22(29)15-24(25)28(4,18-27(32,2)3)21-5-8-23(9-6-21)35-17-26(34)31-16-20-11-13-30-14-12-20/h5-15H,16-18,29H2,1-4H3,(H,31,34). The minimum absolute atomic E-state index is 0.00836. The lowest BCUT2D eigenvalue weighted by atomic mass is 9.65. The second-order valence-corrected chi connectivity index (χ2v) is 9.90. The number of anilines is 2. The van der Waals surface area contributed by atoms with Gasteiger partial charge >= 0.3 is 0 Å². The first-order valence-corrected chi connectivity index (χ1v) is 11.7. The van der Waals surface area contributed by atoms with Crippen molar-refractivity contribution in [1.82, 2.24) is 10.3 Å². The molecular weight excluding hydrogens is 440 g/mol. The van der Waals surface area contributed by atoms with Crippen molar-refractivity contribution in [3.05, 3.63) is 83.7 Å². The van der Waals surface area contributed by atoms with E-state index in [9.17, 15) is 9.59 Å². The third-order valence-electron chi connectivity index (χ3n) is 6.66. The summed E-state index contributed by atoms with van der Waals surface area (Å²) in [5, 5.41) is 2.84. The van der Waals surface area contributed by atoms with Gasteiger partial charge in [0, 0.05) is 48.2 Å². The fraction of sp³-hybridized carbons (Fsp3) is 0.321. The number of benzene rings is 2. The van der Waals surface area contributed by atoms with Crippen molar-refractivity contribution in [1.29, 1.82) is 0 Å². The molecule has 1 aliphatic heterocycles. The highest BCUT2D eigenvalue weighted by molar-refractivity contribution is 5.95. The molecule has 0 bridgehead atoms. The smallest absolute Gasteiger partial charge is 0.258 e. The number of ether oxygens (including phenoxy) is 1. The topological polar surface area (TPSA) is 97.5 Å². The number of carbonyl (C=O) groups is 2. The van der Waals surface area contributed by atoms with Gasteiger partial charge in [0.2, 0.25) is 5.91 Å². The molecule has 0 saturated carbocycles. The van der Waals surface area contributed by atoms with Crippen LogP contribution < -0.4 is 20.7 Å². The number of nitrogen functional groups attached to an aromatic ring is 1. The average molecular weight is 473 g/mol. The van der Waals surface area contributed by atoms with E-state index in [4.69, 9.17) is 10.5 Å². The van der Waals surface area contributed by atoms with Gasteiger partial charge in [0.15, 0.2) is 6.61 Å². The quantitative estimate of drug-likeness (QED) is 0.524. The Morgan fingerprint density at radius 1 is 1.06 bits per heavy atom. The van der Waals surface area contributed by atoms with Crippen molar-refractivity contribution in [3.63, 3.8) is 0 Å². The minimum Gasteiger partial charge on any atom is -0.484 e. The number of hydrogen-bond acceptors (Lipinski definition) is 5. The van der Waals surface area contributed by atoms with E-state index in [-0.39, 0.29) is 29.4 Å². The van der Waals surface area contributed by atoms with Crippen molar-refractivity contribution in [2.75, 3.05) is 17.2 Å². The number of nitrogens with one attached hydrogen (secondary N) is 1. The summed E-state index contributed by atoms with van der Waals surface area (Å²) in [6.07, 6.45) is 4.11. The summed E-state index contributed by atoms with van der Waals surface area (Å²) < 4.78 is 5.71. The number of nitrogens with two attached hydrogens (primary N) is 1. The molecule has 7 heteroatoms. The van der Waals surface area contributed by atoms with Crippen LogP contribution in [-0.4, -0.2) is 28.9 Å². The zero-order chi connectivity index (χ0) is 25.2. The van der Waals surface area contributed by atoms with Crippen molar-refractivity contribution in [2.24, 2.45) is 0 Å². The van der Waals surface area contributed by atoms with Crippen LogP contribution in [0.5, 0.6) is 5.75 Å². The van der Waals surface area contributed by atoms with E-state index in [1.54, 1.807) is 19.3 Å². The molecule has 182 valence electrons. The lowest BCUT2D eigenvalue weighted by molar-refractivity contribution is -0.123. The Labute approximate surface area is 206 Å². The summed E-state index contributed by atoms with van der Waals surface area (Å²) in [5.41, 5.74) is 10.1. The van der Waals surface area contributed by atoms with Gasteiger partial charge < -0.3 is 20.7 Å². The number of pyridine rings is 1. The zero-order valence-corrected chi connectivity index (χ0v) is 20.7. The normalized spacial score (nSPS) is 18.5. The Kier molecular flexibility index (Phi) is 6.52. The summed E-state index contributed by atoms with van der Waals surface area (Å²) in [4.78, 5) is 30.6. The van der Waals surface area contributed by atoms with Crippen molar-refractivity contribution < 1.29 is 14.3 Å². The van der Waals surface area contributed by atoms with E-state index in [1.807, 2.05) is 59.5 Å². The monoisotopic (exact) mass is 472 g/mol. The molecule has 0 radical (unpaired) electrons. The molecule has 2 amide bonds. The highest BCUT2D eigenvalue weighted by Crippen LogP contribution is 2.51. The van der Waals surface area contributed by atoms with Crippen LogP contribution in [-0.2, 0) is 21.5 Å². The summed E-state index contributed by atoms with van der Waals surface area (Å²) in [6, 6.07) is 17.3. The Bertz CT molecular complexity index is 1220. The molecule has 0 aliphatic carbocycles. The summed E-state index contributed by atoms with van der Waals surface area (Å²) in [7, 11) is 0. The van der Waals surface area contributed by atoms with Gasteiger partial charge in [-0.1, -0.05) is 19.1 Å². The van der Waals surface area contributed by atoms with E-state index in [0.717, 1.165) is 28.8 Å². The molecule has 35 heavy (non-hydrogen) atoms. The first-order chi connectivity index (χ1) is 16.6. The van der Waals surface area contributed by atoms with Crippen LogP contribution in [0.3, 0.4) is 0 Å². The maximum absolute atomic E-state index is 12.6. The summed E-state index contributed by atoms with van der Waals surface area (Å²) >= 11 is 0. The van der Waals surface area contributed by atoms with Crippen LogP contribution in [0.2, 0.25) is 0 Å². The molecule has 1 unspecified atom stereocenters. The van der Waals surface area contributed by atoms with E-state index < -0.39 is 0 Å². The van der Waals surface area contributed by atoms with Gasteiger partial charge in [0.1, 0.15) is 5.75 Å². The first-order valence-electron chi connectivity index (χ1n) is 11.7. The summed E-state index contributed by atoms with van der Waals surface area (Å²) in [6.45, 7) is 8.33. The minimum atomic E-state index is -0.383. The molecule has 1 aromatic heterocycles. The fourth-order valence-corrected chi connectivity index (χ4v) is 5.23. The Morgan fingerprint density at radius 2 is 1.74 bits per heavy atom. The van der Waals surface area contributed by atoms with Gasteiger partial charge in [-0.15, -0.1) is 0 Å². The van der Waals surface area contributed by atoms with Crippen molar-refractivity contribution in [2.45, 2.75) is 51.6 Å². The number of amides is 2. The Hall–Kier alpha value is -3.87. The molecule has 0 saturated heterocycles. The maximum atomic E-state index is 12.6. The molecule has 3 aromatic rings. The number of hydrogen-bond donors (Lipinski definition) is 2. The lowest BCUT2D eigenvalue weighted by Crippen LogP contribution is -2.55. The van der Waals surface area contributed by atoms with E-state index in [0.29, 0.717) is 18.0 Å². The van der Waals surface area contributed by atoms with E-state index in [2.05, 4.69) is 31.1 Å². The largest absolute Gasteiger partial charge is 0.484 e. The molecule has 1 atom stereocenters. The first kappa shape index (κ1) is 24.3. The Morgan fingerprint density at radius 3 is 2.40 bits per heavy atom. The lowest BCUT2D eigenvalue weighted by Gasteiger charge is -2.51.